The van der Waals surface area contributed by atoms with Gasteiger partial charge in [0.15, 0.2) is 0 Å². The lowest BCUT2D eigenvalue weighted by Gasteiger charge is -2.14. The van der Waals surface area contributed by atoms with Crippen LogP contribution in [0.15, 0.2) is 12.3 Å². The SMILES string of the molecule is CC=CN(CCCC)C(C)=O. The number of carbonyl (C=O) groups excluding carboxylic acids is 1. The molecule has 0 aliphatic heterocycles. The Bertz CT molecular complexity index is 140. The van der Waals surface area contributed by atoms with Gasteiger partial charge in [-0.25, -0.2) is 0 Å². The van der Waals surface area contributed by atoms with Gasteiger partial charge in [0.05, 0.1) is 0 Å². The second kappa shape index (κ2) is 5.96. The fourth-order valence-corrected chi connectivity index (χ4v) is 0.845. The van der Waals surface area contributed by atoms with Gasteiger partial charge in [0, 0.05) is 19.7 Å². The van der Waals surface area contributed by atoms with Crippen LogP contribution < -0.4 is 0 Å². The topological polar surface area (TPSA) is 20.3 Å². The largest absolute Gasteiger partial charge is 0.320 e. The minimum Gasteiger partial charge on any atom is -0.320 e. The van der Waals surface area contributed by atoms with Crippen molar-refractivity contribution in [1.82, 2.24) is 4.90 Å². The van der Waals surface area contributed by atoms with Gasteiger partial charge in [-0.15, -0.1) is 0 Å². The molecule has 0 spiro atoms. The second-order valence-corrected chi connectivity index (χ2v) is 2.55. The van der Waals surface area contributed by atoms with Crippen molar-refractivity contribution in [1.29, 1.82) is 0 Å². The average molecular weight is 155 g/mol. The summed E-state index contributed by atoms with van der Waals surface area (Å²) in [6.45, 7) is 6.47. The van der Waals surface area contributed by atoms with Crippen LogP contribution in [0.25, 0.3) is 0 Å². The van der Waals surface area contributed by atoms with E-state index in [0.717, 1.165) is 19.4 Å². The van der Waals surface area contributed by atoms with E-state index >= 15 is 0 Å². The van der Waals surface area contributed by atoms with Crippen LogP contribution in [-0.4, -0.2) is 17.4 Å². The molecule has 0 aliphatic carbocycles. The molecule has 0 aromatic carbocycles. The molecule has 0 fully saturated rings. The fourth-order valence-electron chi connectivity index (χ4n) is 0.845. The summed E-state index contributed by atoms with van der Waals surface area (Å²) in [6.07, 6.45) is 5.92. The first-order chi connectivity index (χ1) is 5.22. The van der Waals surface area contributed by atoms with E-state index in [1.54, 1.807) is 11.8 Å². The molecule has 64 valence electrons. The van der Waals surface area contributed by atoms with E-state index in [4.69, 9.17) is 0 Å². The van der Waals surface area contributed by atoms with Crippen molar-refractivity contribution in [3.8, 4) is 0 Å². The van der Waals surface area contributed by atoms with Crippen LogP contribution in [0, 0.1) is 0 Å². The Morgan fingerprint density at radius 2 is 2.18 bits per heavy atom. The lowest BCUT2D eigenvalue weighted by molar-refractivity contribution is -0.126. The van der Waals surface area contributed by atoms with Crippen molar-refractivity contribution in [2.45, 2.75) is 33.6 Å². The highest BCUT2D eigenvalue weighted by Gasteiger charge is 2.01. The standard InChI is InChI=1S/C9H17NO/c1-4-6-8-10(7-5-2)9(3)11/h5,7H,4,6,8H2,1-3H3. The third-order valence-corrected chi connectivity index (χ3v) is 1.49. The molecule has 0 aromatic heterocycles. The van der Waals surface area contributed by atoms with Gasteiger partial charge in [-0.05, 0) is 13.3 Å². The molecule has 0 aliphatic rings. The highest BCUT2D eigenvalue weighted by atomic mass is 16.2. The molecule has 0 atom stereocenters. The maximum atomic E-state index is 10.9. The molecule has 1 amide bonds. The Balaban J connectivity index is 3.79. The van der Waals surface area contributed by atoms with E-state index in [9.17, 15) is 4.79 Å². The predicted octanol–water partition coefficient (Wildman–Crippen LogP) is 2.17. The van der Waals surface area contributed by atoms with Crippen LogP contribution in [-0.2, 0) is 4.79 Å². The van der Waals surface area contributed by atoms with E-state index in [-0.39, 0.29) is 5.91 Å². The number of carbonyl (C=O) groups is 1. The summed E-state index contributed by atoms with van der Waals surface area (Å²) in [6, 6.07) is 0. The van der Waals surface area contributed by atoms with Crippen molar-refractivity contribution in [3.63, 3.8) is 0 Å². The summed E-state index contributed by atoms with van der Waals surface area (Å²) in [5.41, 5.74) is 0. The zero-order chi connectivity index (χ0) is 8.69. The molecular weight excluding hydrogens is 138 g/mol. The third-order valence-electron chi connectivity index (χ3n) is 1.49. The van der Waals surface area contributed by atoms with Crippen LogP contribution in [0.1, 0.15) is 33.6 Å². The predicted molar refractivity (Wildman–Crippen MR) is 47.1 cm³/mol. The van der Waals surface area contributed by atoms with Gasteiger partial charge in [0.2, 0.25) is 5.91 Å². The maximum Gasteiger partial charge on any atom is 0.223 e. The van der Waals surface area contributed by atoms with Crippen LogP contribution in [0.4, 0.5) is 0 Å². The zero-order valence-electron chi connectivity index (χ0n) is 7.63. The number of nitrogens with zero attached hydrogens (tertiary/aromatic N) is 1. The average Bonchev–Trinajstić information content (AvgIpc) is 1.97. The summed E-state index contributed by atoms with van der Waals surface area (Å²) >= 11 is 0. The highest BCUT2D eigenvalue weighted by molar-refractivity contribution is 5.74. The molecule has 0 unspecified atom stereocenters. The molecule has 0 aromatic rings. The Morgan fingerprint density at radius 3 is 2.55 bits per heavy atom. The molecule has 0 saturated carbocycles. The molecule has 0 heterocycles. The molecule has 11 heavy (non-hydrogen) atoms. The van der Waals surface area contributed by atoms with E-state index in [1.165, 1.54) is 0 Å². The number of unbranched alkanes of at least 4 members (excludes halogenated alkanes) is 1. The number of amides is 1. The Kier molecular flexibility index (Phi) is 5.53. The van der Waals surface area contributed by atoms with Crippen molar-refractivity contribution < 1.29 is 4.79 Å². The van der Waals surface area contributed by atoms with Crippen molar-refractivity contribution >= 4 is 5.91 Å². The van der Waals surface area contributed by atoms with E-state index < -0.39 is 0 Å². The maximum absolute atomic E-state index is 10.9. The quantitative estimate of drug-likeness (QED) is 0.609. The van der Waals surface area contributed by atoms with Crippen LogP contribution in [0.2, 0.25) is 0 Å². The van der Waals surface area contributed by atoms with Crippen LogP contribution in [0.3, 0.4) is 0 Å². The van der Waals surface area contributed by atoms with Crippen molar-refractivity contribution in [2.75, 3.05) is 6.54 Å². The third kappa shape index (κ3) is 4.59. The summed E-state index contributed by atoms with van der Waals surface area (Å²) in [7, 11) is 0. The number of hydrogen-bond donors (Lipinski definition) is 0. The van der Waals surface area contributed by atoms with Gasteiger partial charge in [-0.1, -0.05) is 19.4 Å². The van der Waals surface area contributed by atoms with E-state index in [1.807, 2.05) is 19.2 Å². The first-order valence-electron chi connectivity index (χ1n) is 4.12. The van der Waals surface area contributed by atoms with Crippen molar-refractivity contribution in [3.05, 3.63) is 12.3 Å². The second-order valence-electron chi connectivity index (χ2n) is 2.55. The van der Waals surface area contributed by atoms with Gasteiger partial charge < -0.3 is 4.90 Å². The van der Waals surface area contributed by atoms with Crippen molar-refractivity contribution in [2.24, 2.45) is 0 Å². The number of hydrogen-bond acceptors (Lipinski definition) is 1. The van der Waals surface area contributed by atoms with Gasteiger partial charge in [0.25, 0.3) is 0 Å². The minimum absolute atomic E-state index is 0.122. The minimum atomic E-state index is 0.122. The lowest BCUT2D eigenvalue weighted by Crippen LogP contribution is -2.23. The molecule has 0 bridgehead atoms. The monoisotopic (exact) mass is 155 g/mol. The molecule has 0 N–H and O–H groups in total. The van der Waals surface area contributed by atoms with Crippen LogP contribution >= 0.6 is 0 Å². The molecule has 2 heteroatoms. The summed E-state index contributed by atoms with van der Waals surface area (Å²) < 4.78 is 0. The number of rotatable bonds is 4. The van der Waals surface area contributed by atoms with Gasteiger partial charge in [-0.3, -0.25) is 4.79 Å². The van der Waals surface area contributed by atoms with Crippen LogP contribution in [0.5, 0.6) is 0 Å². The number of allylic oxidation sites excluding steroid dienone is 1. The molecule has 2 nitrogen and oxygen atoms in total. The van der Waals surface area contributed by atoms with Gasteiger partial charge >= 0.3 is 0 Å². The highest BCUT2D eigenvalue weighted by Crippen LogP contribution is 1.96. The lowest BCUT2D eigenvalue weighted by atomic mass is 10.3. The first-order valence-corrected chi connectivity index (χ1v) is 4.12. The van der Waals surface area contributed by atoms with E-state index in [0.29, 0.717) is 0 Å². The van der Waals surface area contributed by atoms with Gasteiger partial charge in [0.1, 0.15) is 0 Å². The normalized spacial score (nSPS) is 10.5. The summed E-state index contributed by atoms with van der Waals surface area (Å²) in [4.78, 5) is 12.7. The Morgan fingerprint density at radius 1 is 1.55 bits per heavy atom. The van der Waals surface area contributed by atoms with E-state index in [2.05, 4.69) is 6.92 Å². The Hall–Kier alpha value is -0.790. The molecule has 0 rings (SSSR count). The fraction of sp³-hybridized carbons (Fsp3) is 0.667. The first kappa shape index (κ1) is 10.2. The molecule has 0 saturated heterocycles. The molecular formula is C9H17NO. The summed E-state index contributed by atoms with van der Waals surface area (Å²) in [5, 5.41) is 0. The van der Waals surface area contributed by atoms with Gasteiger partial charge in [-0.2, -0.15) is 0 Å². The summed E-state index contributed by atoms with van der Waals surface area (Å²) in [5.74, 6) is 0.122. The molecule has 0 radical (unpaired) electrons. The zero-order valence-corrected chi connectivity index (χ0v) is 7.63. The smallest absolute Gasteiger partial charge is 0.223 e. The Labute approximate surface area is 68.9 Å².